The van der Waals surface area contributed by atoms with Gasteiger partial charge in [0, 0.05) is 36.8 Å². The molecule has 3 rings (SSSR count). The van der Waals surface area contributed by atoms with Gasteiger partial charge in [-0.3, -0.25) is 0 Å². The van der Waals surface area contributed by atoms with E-state index in [2.05, 4.69) is 10.6 Å². The minimum Gasteiger partial charge on any atom is -0.311 e. The third kappa shape index (κ3) is 4.39. The molecule has 4 heteroatoms. The van der Waals surface area contributed by atoms with Crippen molar-refractivity contribution in [1.29, 1.82) is 0 Å². The summed E-state index contributed by atoms with van der Waals surface area (Å²) in [5.41, 5.74) is 1.49. The van der Waals surface area contributed by atoms with Gasteiger partial charge in [0.2, 0.25) is 0 Å². The van der Waals surface area contributed by atoms with Crippen LogP contribution < -0.4 is 10.6 Å². The van der Waals surface area contributed by atoms with E-state index in [0.29, 0.717) is 11.6 Å². The molecule has 1 saturated heterocycles. The van der Waals surface area contributed by atoms with Crippen molar-refractivity contribution in [2.75, 3.05) is 13.1 Å². The molecule has 1 saturated carbocycles. The third-order valence-corrected chi connectivity index (χ3v) is 5.11. The van der Waals surface area contributed by atoms with Crippen LogP contribution in [0.2, 0.25) is 0 Å². The van der Waals surface area contributed by atoms with Crippen LogP contribution >= 0.6 is 0 Å². The Morgan fingerprint density at radius 1 is 1.30 bits per heavy atom. The van der Waals surface area contributed by atoms with Crippen molar-refractivity contribution >= 4 is 6.08 Å². The highest BCUT2D eigenvalue weighted by molar-refractivity contribution is 5.53. The van der Waals surface area contributed by atoms with Crippen LogP contribution in [0.5, 0.6) is 0 Å². The van der Waals surface area contributed by atoms with E-state index in [1.54, 1.807) is 6.08 Å². The molecule has 2 fully saturated rings. The van der Waals surface area contributed by atoms with Gasteiger partial charge in [0.15, 0.2) is 0 Å². The predicted octanol–water partition coefficient (Wildman–Crippen LogP) is 3.88. The average molecular weight is 320 g/mol. The van der Waals surface area contributed by atoms with Gasteiger partial charge in [-0.15, -0.1) is 0 Å². The maximum atomic E-state index is 13.6. The fourth-order valence-electron chi connectivity index (χ4n) is 3.97. The zero-order valence-electron chi connectivity index (χ0n) is 13.7. The number of benzene rings is 1. The van der Waals surface area contributed by atoms with E-state index in [9.17, 15) is 8.78 Å². The summed E-state index contributed by atoms with van der Waals surface area (Å²) in [4.78, 5) is 0. The van der Waals surface area contributed by atoms with Crippen LogP contribution in [-0.4, -0.2) is 25.2 Å². The molecule has 23 heavy (non-hydrogen) atoms. The molecule has 1 heterocycles. The zero-order valence-corrected chi connectivity index (χ0v) is 13.7. The van der Waals surface area contributed by atoms with E-state index >= 15 is 0 Å². The van der Waals surface area contributed by atoms with E-state index in [0.717, 1.165) is 36.7 Å². The second-order valence-electron chi connectivity index (χ2n) is 7.04. The molecular formula is C19H26F2N2. The Labute approximate surface area is 137 Å². The summed E-state index contributed by atoms with van der Waals surface area (Å²) < 4.78 is 26.5. The molecule has 0 radical (unpaired) electrons. The summed E-state index contributed by atoms with van der Waals surface area (Å²) in [7, 11) is 0. The molecular weight excluding hydrogens is 294 g/mol. The molecule has 2 N–H and O–H groups in total. The summed E-state index contributed by atoms with van der Waals surface area (Å²) in [5, 5.41) is 7.21. The van der Waals surface area contributed by atoms with Gasteiger partial charge in [-0.05, 0) is 44.2 Å². The number of nitrogens with one attached hydrogen (secondary N) is 2. The second kappa shape index (κ2) is 7.54. The minimum absolute atomic E-state index is 0.440. The normalized spacial score (nSPS) is 28.0. The SMILES string of the molecule is CC(=Cc1ccc(F)cc1F)CNC[C@@H]1C[C@@H]2CCCC[C@@H]2N1. The number of hydrogen-bond donors (Lipinski definition) is 2. The highest BCUT2D eigenvalue weighted by atomic mass is 19.1. The Balaban J connectivity index is 1.46. The van der Waals surface area contributed by atoms with Crippen LogP contribution in [0.1, 0.15) is 44.6 Å². The van der Waals surface area contributed by atoms with Crippen molar-refractivity contribution in [1.82, 2.24) is 10.6 Å². The lowest BCUT2D eigenvalue weighted by molar-refractivity contribution is 0.325. The lowest BCUT2D eigenvalue weighted by Gasteiger charge is -2.24. The van der Waals surface area contributed by atoms with Gasteiger partial charge in [-0.2, -0.15) is 0 Å². The Hall–Kier alpha value is -1.26. The third-order valence-electron chi connectivity index (χ3n) is 5.11. The lowest BCUT2D eigenvalue weighted by atomic mass is 9.85. The first-order chi connectivity index (χ1) is 11.1. The van der Waals surface area contributed by atoms with Gasteiger partial charge in [0.05, 0.1) is 0 Å². The molecule has 0 aromatic heterocycles. The van der Waals surface area contributed by atoms with Crippen LogP contribution in [0, 0.1) is 17.6 Å². The maximum absolute atomic E-state index is 13.6. The summed E-state index contributed by atoms with van der Waals surface area (Å²) in [5.74, 6) is -0.185. The van der Waals surface area contributed by atoms with Crippen molar-refractivity contribution in [3.63, 3.8) is 0 Å². The number of rotatable bonds is 5. The Bertz CT molecular complexity index is 556. The summed E-state index contributed by atoms with van der Waals surface area (Å²) in [6, 6.07) is 4.98. The van der Waals surface area contributed by atoms with Gasteiger partial charge in [-0.25, -0.2) is 8.78 Å². The maximum Gasteiger partial charge on any atom is 0.133 e. The van der Waals surface area contributed by atoms with Gasteiger partial charge < -0.3 is 10.6 Å². The molecule has 0 bridgehead atoms. The van der Waals surface area contributed by atoms with Crippen molar-refractivity contribution in [2.24, 2.45) is 5.92 Å². The second-order valence-corrected chi connectivity index (χ2v) is 7.04. The summed E-state index contributed by atoms with van der Waals surface area (Å²) in [6.07, 6.45) is 8.49. The number of fused-ring (bicyclic) bond motifs is 1. The van der Waals surface area contributed by atoms with Crippen molar-refractivity contribution in [2.45, 2.75) is 51.1 Å². The van der Waals surface area contributed by atoms with E-state index in [4.69, 9.17) is 0 Å². The molecule has 1 aromatic carbocycles. The average Bonchev–Trinajstić information content (AvgIpc) is 2.93. The topological polar surface area (TPSA) is 24.1 Å². The van der Waals surface area contributed by atoms with Gasteiger partial charge in [0.1, 0.15) is 11.6 Å². The predicted molar refractivity (Wildman–Crippen MR) is 90.2 cm³/mol. The van der Waals surface area contributed by atoms with Gasteiger partial charge in [0.25, 0.3) is 0 Å². The Kier molecular flexibility index (Phi) is 5.44. The molecule has 0 amide bonds. The number of halogens is 2. The lowest BCUT2D eigenvalue weighted by Crippen LogP contribution is -2.38. The molecule has 1 aliphatic carbocycles. The van der Waals surface area contributed by atoms with Crippen LogP contribution in [0.4, 0.5) is 8.78 Å². The van der Waals surface area contributed by atoms with Gasteiger partial charge in [-0.1, -0.05) is 24.5 Å². The zero-order chi connectivity index (χ0) is 16.2. The molecule has 0 unspecified atom stereocenters. The van der Waals surface area contributed by atoms with Crippen LogP contribution in [0.15, 0.2) is 23.8 Å². The molecule has 126 valence electrons. The largest absolute Gasteiger partial charge is 0.311 e. The Morgan fingerprint density at radius 2 is 2.13 bits per heavy atom. The molecule has 2 aliphatic rings. The van der Waals surface area contributed by atoms with Crippen molar-refractivity contribution in [3.8, 4) is 0 Å². The summed E-state index contributed by atoms with van der Waals surface area (Å²) >= 11 is 0. The fourth-order valence-corrected chi connectivity index (χ4v) is 3.97. The van der Waals surface area contributed by atoms with Crippen LogP contribution in [-0.2, 0) is 0 Å². The summed E-state index contributed by atoms with van der Waals surface area (Å²) in [6.45, 7) is 3.64. The first kappa shape index (κ1) is 16.6. The number of hydrogen-bond acceptors (Lipinski definition) is 2. The molecule has 3 atom stereocenters. The van der Waals surface area contributed by atoms with Crippen molar-refractivity contribution < 1.29 is 8.78 Å². The standard InChI is InChI=1S/C19H26F2N2/c1-13(8-14-6-7-16(20)10-18(14)21)11-22-12-17-9-15-4-2-3-5-19(15)23-17/h6-8,10,15,17,19,22-23H,2-5,9,11-12H2,1H3/t15-,17-,19-/m0/s1. The first-order valence-corrected chi connectivity index (χ1v) is 8.71. The first-order valence-electron chi connectivity index (χ1n) is 8.71. The van der Waals surface area contributed by atoms with E-state index in [1.807, 2.05) is 6.92 Å². The quantitative estimate of drug-likeness (QED) is 0.860. The Morgan fingerprint density at radius 3 is 2.91 bits per heavy atom. The molecule has 2 nitrogen and oxygen atoms in total. The van der Waals surface area contributed by atoms with E-state index in [1.165, 1.54) is 44.2 Å². The van der Waals surface area contributed by atoms with E-state index in [-0.39, 0.29) is 0 Å². The van der Waals surface area contributed by atoms with Crippen molar-refractivity contribution in [3.05, 3.63) is 41.0 Å². The van der Waals surface area contributed by atoms with Crippen LogP contribution in [0.25, 0.3) is 6.08 Å². The fraction of sp³-hybridized carbons (Fsp3) is 0.579. The van der Waals surface area contributed by atoms with E-state index < -0.39 is 11.6 Å². The minimum atomic E-state index is -0.538. The molecule has 0 spiro atoms. The molecule has 1 aromatic rings. The van der Waals surface area contributed by atoms with Gasteiger partial charge >= 0.3 is 0 Å². The monoisotopic (exact) mass is 320 g/mol. The molecule has 1 aliphatic heterocycles. The van der Waals surface area contributed by atoms with Crippen LogP contribution in [0.3, 0.4) is 0 Å². The smallest absolute Gasteiger partial charge is 0.133 e. The highest BCUT2D eigenvalue weighted by Gasteiger charge is 2.34. The highest BCUT2D eigenvalue weighted by Crippen LogP contribution is 2.32.